The minimum Gasteiger partial charge on any atom is -0.494 e. The fourth-order valence-corrected chi connectivity index (χ4v) is 5.65. The van der Waals surface area contributed by atoms with Gasteiger partial charge in [-0.3, -0.25) is 9.59 Å². The van der Waals surface area contributed by atoms with Crippen LogP contribution in [0.1, 0.15) is 43.4 Å². The molecule has 224 valence electrons. The number of carbonyl (C=O) groups is 1. The van der Waals surface area contributed by atoms with Crippen molar-refractivity contribution < 1.29 is 19.0 Å². The number of halogens is 1. The van der Waals surface area contributed by atoms with Crippen molar-refractivity contribution in [3.63, 3.8) is 0 Å². The minimum absolute atomic E-state index is 0.0370. The Hall–Kier alpha value is -3.77. The number of hydrogen-bond donors (Lipinski definition) is 0. The molecule has 9 nitrogen and oxygen atoms in total. The fourth-order valence-electron chi connectivity index (χ4n) is 4.96. The summed E-state index contributed by atoms with van der Waals surface area (Å²) in [7, 11) is 0. The van der Waals surface area contributed by atoms with Crippen LogP contribution in [-0.2, 0) is 9.53 Å². The van der Waals surface area contributed by atoms with Gasteiger partial charge in [0.2, 0.25) is 0 Å². The number of amides is 1. The largest absolute Gasteiger partial charge is 0.494 e. The van der Waals surface area contributed by atoms with E-state index < -0.39 is 0 Å². The molecule has 1 fully saturated rings. The third kappa shape index (κ3) is 6.91. The average molecular weight is 695 g/mol. The van der Waals surface area contributed by atoms with E-state index in [1.54, 1.807) is 17.2 Å². The van der Waals surface area contributed by atoms with E-state index in [1.165, 1.54) is 4.68 Å². The summed E-state index contributed by atoms with van der Waals surface area (Å²) in [5, 5.41) is 5.14. The molecule has 0 spiro atoms. The van der Waals surface area contributed by atoms with Gasteiger partial charge in [0, 0.05) is 18.7 Å². The number of benzene rings is 3. The molecule has 0 radical (unpaired) electrons. The van der Waals surface area contributed by atoms with Crippen LogP contribution in [0.3, 0.4) is 0 Å². The smallest absolute Gasteiger partial charge is 0.282 e. The average Bonchev–Trinajstić information content (AvgIpc) is 3.00. The second-order valence-electron chi connectivity index (χ2n) is 10.6. The monoisotopic (exact) mass is 694 g/mol. The summed E-state index contributed by atoms with van der Waals surface area (Å²) in [5.41, 5.74) is 3.91. The second-order valence-corrected chi connectivity index (χ2v) is 11.7. The van der Waals surface area contributed by atoms with Crippen molar-refractivity contribution in [2.45, 2.75) is 33.6 Å². The van der Waals surface area contributed by atoms with Gasteiger partial charge in [0.1, 0.15) is 11.5 Å². The summed E-state index contributed by atoms with van der Waals surface area (Å²) in [5.74, 6) is 2.04. The Morgan fingerprint density at radius 3 is 2.58 bits per heavy atom. The van der Waals surface area contributed by atoms with E-state index >= 15 is 0 Å². The maximum Gasteiger partial charge on any atom is 0.282 e. The molecule has 5 rings (SSSR count). The van der Waals surface area contributed by atoms with Crippen LogP contribution >= 0.6 is 22.6 Å². The maximum absolute atomic E-state index is 13.8. The van der Waals surface area contributed by atoms with Gasteiger partial charge in [-0.2, -0.15) is 9.78 Å². The lowest BCUT2D eigenvalue weighted by molar-refractivity contribution is -0.137. The lowest BCUT2D eigenvalue weighted by Crippen LogP contribution is -2.43. The van der Waals surface area contributed by atoms with Crippen LogP contribution in [0.25, 0.3) is 22.3 Å². The molecular formula is C33H35IN4O5. The molecule has 0 bridgehead atoms. The first-order valence-electron chi connectivity index (χ1n) is 14.4. The van der Waals surface area contributed by atoms with E-state index in [0.717, 1.165) is 31.6 Å². The zero-order valence-corrected chi connectivity index (χ0v) is 27.0. The van der Waals surface area contributed by atoms with Gasteiger partial charge < -0.3 is 19.1 Å². The highest BCUT2D eigenvalue weighted by Crippen LogP contribution is 2.34. The Kier molecular flexibility index (Phi) is 9.76. The molecule has 1 saturated heterocycles. The summed E-state index contributed by atoms with van der Waals surface area (Å²) in [4.78, 5) is 32.9. The molecule has 1 aliphatic rings. The van der Waals surface area contributed by atoms with Crippen LogP contribution in [0.15, 0.2) is 64.5 Å². The van der Waals surface area contributed by atoms with Crippen molar-refractivity contribution >= 4 is 45.6 Å². The maximum atomic E-state index is 13.8. The fraction of sp³-hybridized carbons (Fsp3) is 0.333. The van der Waals surface area contributed by atoms with Gasteiger partial charge in [-0.25, -0.2) is 4.98 Å². The van der Waals surface area contributed by atoms with Crippen molar-refractivity contribution in [2.24, 2.45) is 5.10 Å². The first kappa shape index (κ1) is 30.7. The molecule has 4 aromatic rings. The summed E-state index contributed by atoms with van der Waals surface area (Å²) in [6.45, 7) is 11.0. The molecule has 0 unspecified atom stereocenters. The molecule has 10 heteroatoms. The molecule has 0 N–H and O–H groups in total. The van der Waals surface area contributed by atoms with Crippen LogP contribution in [0.5, 0.6) is 11.5 Å². The van der Waals surface area contributed by atoms with E-state index in [0.29, 0.717) is 55.4 Å². The molecule has 0 saturated carbocycles. The predicted molar refractivity (Wildman–Crippen MR) is 176 cm³/mol. The Morgan fingerprint density at radius 1 is 1.09 bits per heavy atom. The zero-order valence-electron chi connectivity index (χ0n) is 24.8. The Bertz CT molecular complexity index is 1730. The Balaban J connectivity index is 1.49. The zero-order chi connectivity index (χ0) is 30.5. The van der Waals surface area contributed by atoms with Crippen LogP contribution in [0.4, 0.5) is 0 Å². The third-order valence-corrected chi connectivity index (χ3v) is 8.11. The van der Waals surface area contributed by atoms with Gasteiger partial charge in [-0.05, 0) is 102 Å². The van der Waals surface area contributed by atoms with Gasteiger partial charge >= 0.3 is 0 Å². The number of hydrogen-bond acceptors (Lipinski definition) is 7. The van der Waals surface area contributed by atoms with Crippen LogP contribution in [-0.4, -0.2) is 66.2 Å². The van der Waals surface area contributed by atoms with E-state index in [2.05, 4.69) is 47.6 Å². The summed E-state index contributed by atoms with van der Waals surface area (Å²) in [6.07, 6.45) is 1.64. The van der Waals surface area contributed by atoms with E-state index in [9.17, 15) is 9.59 Å². The van der Waals surface area contributed by atoms with Gasteiger partial charge in [0.15, 0.2) is 12.4 Å². The van der Waals surface area contributed by atoms with Crippen molar-refractivity contribution in [2.75, 3.05) is 39.5 Å². The molecular weight excluding hydrogens is 659 g/mol. The number of ether oxygens (including phenoxy) is 3. The summed E-state index contributed by atoms with van der Waals surface area (Å²) < 4.78 is 19.3. The highest BCUT2D eigenvalue weighted by atomic mass is 127. The molecule has 0 aliphatic carbocycles. The second kappa shape index (κ2) is 13.7. The highest BCUT2D eigenvalue weighted by Gasteiger charge is 2.20. The third-order valence-electron chi connectivity index (χ3n) is 7.27. The van der Waals surface area contributed by atoms with E-state index in [-0.39, 0.29) is 24.0 Å². The molecule has 3 aromatic carbocycles. The van der Waals surface area contributed by atoms with Crippen LogP contribution < -0.4 is 15.0 Å². The lowest BCUT2D eigenvalue weighted by atomic mass is 9.96. The van der Waals surface area contributed by atoms with E-state index in [4.69, 9.17) is 19.2 Å². The summed E-state index contributed by atoms with van der Waals surface area (Å²) >= 11 is 2.18. The predicted octanol–water partition coefficient (Wildman–Crippen LogP) is 5.62. The quantitative estimate of drug-likeness (QED) is 0.167. The number of rotatable bonds is 9. The van der Waals surface area contributed by atoms with Crippen molar-refractivity contribution in [1.82, 2.24) is 14.6 Å². The van der Waals surface area contributed by atoms with Gasteiger partial charge in [-0.15, -0.1) is 0 Å². The first-order chi connectivity index (χ1) is 20.8. The Morgan fingerprint density at radius 2 is 1.86 bits per heavy atom. The first-order valence-corrected chi connectivity index (χ1v) is 15.5. The minimum atomic E-state index is -0.257. The van der Waals surface area contributed by atoms with Gasteiger partial charge in [-0.1, -0.05) is 26.0 Å². The number of carbonyl (C=O) groups excluding carboxylic acids is 1. The molecule has 1 aliphatic heterocycles. The van der Waals surface area contributed by atoms with Crippen molar-refractivity contribution in [3.05, 3.63) is 85.2 Å². The van der Waals surface area contributed by atoms with Gasteiger partial charge in [0.05, 0.1) is 40.5 Å². The number of fused-ring (bicyclic) bond motifs is 1. The molecule has 0 atom stereocenters. The number of aryl methyl sites for hydroxylation is 1. The van der Waals surface area contributed by atoms with E-state index in [1.807, 2.05) is 56.3 Å². The van der Waals surface area contributed by atoms with Crippen molar-refractivity contribution in [1.29, 1.82) is 0 Å². The Labute approximate surface area is 264 Å². The normalized spacial score (nSPS) is 13.7. The molecule has 1 aromatic heterocycles. The highest BCUT2D eigenvalue weighted by molar-refractivity contribution is 14.1. The standard InChI is InChI=1S/C33H35IN4O5/c1-5-42-30-16-22(4)26(18-25(30)21(2)3)32-36-28-9-7-6-8-24(28)33(40)38(32)35-19-23-10-11-29(27(34)17-23)43-20-31(39)37-12-14-41-15-13-37/h6-11,16-19,21H,5,12-15,20H2,1-4H3. The number of nitrogens with zero attached hydrogens (tertiary/aromatic N) is 4. The van der Waals surface area contributed by atoms with Gasteiger partial charge in [0.25, 0.3) is 11.5 Å². The lowest BCUT2D eigenvalue weighted by Gasteiger charge is -2.26. The van der Waals surface area contributed by atoms with Crippen molar-refractivity contribution in [3.8, 4) is 22.9 Å². The number of aromatic nitrogens is 2. The van der Waals surface area contributed by atoms with Crippen LogP contribution in [0.2, 0.25) is 0 Å². The number of morpholine rings is 1. The molecule has 2 heterocycles. The number of para-hydroxylation sites is 1. The van der Waals surface area contributed by atoms with Crippen LogP contribution in [0, 0.1) is 10.5 Å². The summed E-state index contributed by atoms with van der Waals surface area (Å²) in [6, 6.07) is 16.9. The molecule has 43 heavy (non-hydrogen) atoms. The SMILES string of the molecule is CCOc1cc(C)c(-c2nc3ccccc3c(=O)n2N=Cc2ccc(OCC(=O)N3CCOCC3)c(I)c2)cc1C(C)C. The molecule has 1 amide bonds. The topological polar surface area (TPSA) is 95.2 Å².